The van der Waals surface area contributed by atoms with Crippen LogP contribution in [-0.2, 0) is 9.84 Å². The Hall–Kier alpha value is -1.07. The lowest BCUT2D eigenvalue weighted by atomic mass is 10.0. The molecule has 1 aromatic rings. The molecule has 0 spiro atoms. The molecule has 2 rings (SSSR count). The summed E-state index contributed by atoms with van der Waals surface area (Å²) < 4.78 is 30.0. The van der Waals surface area contributed by atoms with E-state index in [-0.39, 0.29) is 11.7 Å². The highest BCUT2D eigenvalue weighted by Gasteiger charge is 2.24. The molecule has 19 heavy (non-hydrogen) atoms. The van der Waals surface area contributed by atoms with Gasteiger partial charge in [-0.05, 0) is 62.5 Å². The fourth-order valence-electron chi connectivity index (χ4n) is 2.55. The lowest BCUT2D eigenvalue weighted by Gasteiger charge is -2.22. The maximum absolute atomic E-state index is 12.5. The number of piperidine rings is 1. The van der Waals surface area contributed by atoms with E-state index in [0.717, 1.165) is 31.5 Å². The highest BCUT2D eigenvalue weighted by Crippen LogP contribution is 2.25. The number of sulfone groups is 1. The van der Waals surface area contributed by atoms with Crippen LogP contribution in [0.4, 0.5) is 0 Å². The van der Waals surface area contributed by atoms with E-state index in [1.807, 2.05) is 6.92 Å². The molecule has 1 aliphatic heterocycles. The van der Waals surface area contributed by atoms with Crippen LogP contribution in [0, 0.1) is 12.8 Å². The molecule has 1 fully saturated rings. The Balaban J connectivity index is 2.18. The van der Waals surface area contributed by atoms with E-state index in [4.69, 9.17) is 4.74 Å². The van der Waals surface area contributed by atoms with Crippen molar-refractivity contribution < 1.29 is 13.2 Å². The lowest BCUT2D eigenvalue weighted by molar-refractivity contribution is 0.401. The number of benzene rings is 1. The molecule has 0 aromatic heterocycles. The first kappa shape index (κ1) is 14.3. The first-order chi connectivity index (χ1) is 9.03. The molecule has 1 aromatic carbocycles. The van der Waals surface area contributed by atoms with E-state index in [1.165, 1.54) is 0 Å². The third-order valence-electron chi connectivity index (χ3n) is 3.63. The third-order valence-corrected chi connectivity index (χ3v) is 5.67. The monoisotopic (exact) mass is 283 g/mol. The summed E-state index contributed by atoms with van der Waals surface area (Å²) in [5, 5.41) is 3.26. The Morgan fingerprint density at radius 1 is 1.32 bits per heavy atom. The van der Waals surface area contributed by atoms with Crippen LogP contribution in [0.2, 0.25) is 0 Å². The van der Waals surface area contributed by atoms with Gasteiger partial charge in [0.05, 0.1) is 17.8 Å². The van der Waals surface area contributed by atoms with Gasteiger partial charge in [0.15, 0.2) is 9.84 Å². The first-order valence-electron chi connectivity index (χ1n) is 6.61. The third kappa shape index (κ3) is 3.48. The molecule has 5 heteroatoms. The first-order valence-corrected chi connectivity index (χ1v) is 8.26. The van der Waals surface area contributed by atoms with E-state index < -0.39 is 9.84 Å². The van der Waals surface area contributed by atoms with Crippen molar-refractivity contribution in [3.63, 3.8) is 0 Å². The molecule has 0 unspecified atom stereocenters. The Morgan fingerprint density at radius 3 is 2.58 bits per heavy atom. The van der Waals surface area contributed by atoms with Gasteiger partial charge in [0.2, 0.25) is 0 Å². The molecule has 1 saturated heterocycles. The molecule has 1 heterocycles. The normalized spacial score (nSPS) is 17.4. The molecule has 0 bridgehead atoms. The number of ether oxygens (including phenoxy) is 1. The van der Waals surface area contributed by atoms with Gasteiger partial charge in [-0.25, -0.2) is 8.42 Å². The van der Waals surface area contributed by atoms with Gasteiger partial charge in [0.25, 0.3) is 0 Å². The summed E-state index contributed by atoms with van der Waals surface area (Å²) >= 11 is 0. The maximum Gasteiger partial charge on any atom is 0.178 e. The standard InChI is InChI=1S/C14H21NO3S/c1-11-9-13(18-2)3-4-14(11)19(16,17)10-12-5-7-15-8-6-12/h3-4,9,12,15H,5-8,10H2,1-2H3. The zero-order chi connectivity index (χ0) is 13.9. The second-order valence-corrected chi connectivity index (χ2v) is 7.11. The molecular weight excluding hydrogens is 262 g/mol. The Kier molecular flexibility index (Phi) is 4.47. The van der Waals surface area contributed by atoms with E-state index >= 15 is 0 Å². The minimum Gasteiger partial charge on any atom is -0.497 e. The molecule has 0 atom stereocenters. The van der Waals surface area contributed by atoms with Crippen LogP contribution in [0.1, 0.15) is 18.4 Å². The highest BCUT2D eigenvalue weighted by atomic mass is 32.2. The SMILES string of the molecule is COc1ccc(S(=O)(=O)CC2CCNCC2)c(C)c1. The Morgan fingerprint density at radius 2 is 2.00 bits per heavy atom. The zero-order valence-corrected chi connectivity index (χ0v) is 12.3. The molecule has 106 valence electrons. The van der Waals surface area contributed by atoms with Gasteiger partial charge in [-0.3, -0.25) is 0 Å². The highest BCUT2D eigenvalue weighted by molar-refractivity contribution is 7.91. The van der Waals surface area contributed by atoms with Crippen LogP contribution in [0.25, 0.3) is 0 Å². The van der Waals surface area contributed by atoms with Gasteiger partial charge in [-0.1, -0.05) is 0 Å². The van der Waals surface area contributed by atoms with Gasteiger partial charge >= 0.3 is 0 Å². The maximum atomic E-state index is 12.5. The topological polar surface area (TPSA) is 55.4 Å². The molecule has 4 nitrogen and oxygen atoms in total. The summed E-state index contributed by atoms with van der Waals surface area (Å²) in [5.41, 5.74) is 0.758. The molecule has 0 amide bonds. The van der Waals surface area contributed by atoms with Gasteiger partial charge in [-0.15, -0.1) is 0 Å². The van der Waals surface area contributed by atoms with E-state index in [0.29, 0.717) is 10.6 Å². The Labute approximate surface area is 115 Å². The predicted molar refractivity (Wildman–Crippen MR) is 75.4 cm³/mol. The minimum absolute atomic E-state index is 0.252. The number of hydrogen-bond donors (Lipinski definition) is 1. The Bertz CT molecular complexity index is 534. The lowest BCUT2D eigenvalue weighted by Crippen LogP contribution is -2.31. The van der Waals surface area contributed by atoms with Crippen LogP contribution >= 0.6 is 0 Å². The second-order valence-electron chi connectivity index (χ2n) is 5.11. The fraction of sp³-hybridized carbons (Fsp3) is 0.571. The van der Waals surface area contributed by atoms with Gasteiger partial charge in [0, 0.05) is 0 Å². The van der Waals surface area contributed by atoms with Crippen LogP contribution in [0.15, 0.2) is 23.1 Å². The minimum atomic E-state index is -3.20. The molecular formula is C14H21NO3S. The number of rotatable bonds is 4. The van der Waals surface area contributed by atoms with Crippen LogP contribution in [0.5, 0.6) is 5.75 Å². The molecule has 1 aliphatic rings. The summed E-state index contributed by atoms with van der Waals surface area (Å²) in [5.74, 6) is 1.22. The van der Waals surface area contributed by atoms with E-state index in [1.54, 1.807) is 25.3 Å². The summed E-state index contributed by atoms with van der Waals surface area (Å²) in [6.45, 7) is 3.65. The summed E-state index contributed by atoms with van der Waals surface area (Å²) in [6, 6.07) is 5.14. The smallest absolute Gasteiger partial charge is 0.178 e. The quantitative estimate of drug-likeness (QED) is 0.915. The van der Waals surface area contributed by atoms with Crippen molar-refractivity contribution in [3.05, 3.63) is 23.8 Å². The van der Waals surface area contributed by atoms with Crippen LogP contribution in [-0.4, -0.2) is 34.4 Å². The van der Waals surface area contributed by atoms with Crippen molar-refractivity contribution in [1.29, 1.82) is 0 Å². The van der Waals surface area contributed by atoms with Gasteiger partial charge in [0.1, 0.15) is 5.75 Å². The van der Waals surface area contributed by atoms with Crippen molar-refractivity contribution in [3.8, 4) is 5.75 Å². The fourth-order valence-corrected chi connectivity index (χ4v) is 4.50. The van der Waals surface area contributed by atoms with E-state index in [2.05, 4.69) is 5.32 Å². The second kappa shape index (κ2) is 5.92. The largest absolute Gasteiger partial charge is 0.497 e. The molecule has 1 N–H and O–H groups in total. The van der Waals surface area contributed by atoms with Crippen LogP contribution < -0.4 is 10.1 Å². The van der Waals surface area contributed by atoms with Crippen LogP contribution in [0.3, 0.4) is 0 Å². The van der Waals surface area contributed by atoms with Crippen molar-refractivity contribution in [2.24, 2.45) is 5.92 Å². The van der Waals surface area contributed by atoms with Crippen molar-refractivity contribution in [2.75, 3.05) is 26.0 Å². The number of hydrogen-bond acceptors (Lipinski definition) is 4. The number of nitrogens with one attached hydrogen (secondary N) is 1. The van der Waals surface area contributed by atoms with Crippen molar-refractivity contribution >= 4 is 9.84 Å². The average molecular weight is 283 g/mol. The summed E-state index contributed by atoms with van der Waals surface area (Å²) in [4.78, 5) is 0.437. The van der Waals surface area contributed by atoms with Gasteiger partial charge in [-0.2, -0.15) is 0 Å². The predicted octanol–water partition coefficient (Wildman–Crippen LogP) is 1.78. The molecule has 0 aliphatic carbocycles. The van der Waals surface area contributed by atoms with E-state index in [9.17, 15) is 8.42 Å². The van der Waals surface area contributed by atoms with Crippen molar-refractivity contribution in [2.45, 2.75) is 24.7 Å². The summed E-state index contributed by atoms with van der Waals surface area (Å²) in [7, 11) is -1.62. The van der Waals surface area contributed by atoms with Crippen molar-refractivity contribution in [1.82, 2.24) is 5.32 Å². The average Bonchev–Trinajstić information content (AvgIpc) is 2.38. The molecule has 0 saturated carbocycles. The number of aryl methyl sites for hydroxylation is 1. The molecule has 0 radical (unpaired) electrons. The van der Waals surface area contributed by atoms with Gasteiger partial charge < -0.3 is 10.1 Å². The summed E-state index contributed by atoms with van der Waals surface area (Å²) in [6.07, 6.45) is 1.88. The zero-order valence-electron chi connectivity index (χ0n) is 11.5. The number of methoxy groups -OCH3 is 1.